The normalized spacial score (nSPS) is 15.2. The lowest BCUT2D eigenvalue weighted by atomic mass is 10.2. The molecule has 0 saturated heterocycles. The first-order valence-corrected chi connectivity index (χ1v) is 8.34. The molecule has 23 heavy (non-hydrogen) atoms. The molecule has 1 heterocycles. The highest BCUT2D eigenvalue weighted by molar-refractivity contribution is 8.00. The zero-order valence-electron chi connectivity index (χ0n) is 12.7. The number of nitrogens with two attached hydrogens (primary N) is 1. The van der Waals surface area contributed by atoms with Gasteiger partial charge in [0.05, 0.1) is 17.1 Å². The van der Waals surface area contributed by atoms with Crippen molar-refractivity contribution in [1.29, 1.82) is 0 Å². The van der Waals surface area contributed by atoms with E-state index in [1.165, 1.54) is 11.8 Å². The van der Waals surface area contributed by atoms with Crippen molar-refractivity contribution in [1.82, 2.24) is 14.9 Å². The molecule has 3 amide bonds. The molecule has 1 atom stereocenters. The number of imidazole rings is 1. The molecule has 6 nitrogen and oxygen atoms in total. The Morgan fingerprint density at radius 2 is 2.04 bits per heavy atom. The molecule has 3 N–H and O–H groups in total. The number of rotatable bonds is 5. The summed E-state index contributed by atoms with van der Waals surface area (Å²) in [5, 5.41) is 2.45. The minimum absolute atomic E-state index is 0.408. The van der Waals surface area contributed by atoms with Crippen molar-refractivity contribution in [3.63, 3.8) is 0 Å². The van der Waals surface area contributed by atoms with Crippen LogP contribution in [0.2, 0.25) is 0 Å². The van der Waals surface area contributed by atoms with E-state index in [0.717, 1.165) is 29.3 Å². The van der Waals surface area contributed by atoms with Gasteiger partial charge in [0.25, 0.3) is 0 Å². The molecule has 1 fully saturated rings. The second-order valence-corrected chi connectivity index (χ2v) is 6.81. The number of hydrogen-bond donors (Lipinski definition) is 2. The Bertz CT molecular complexity index is 725. The number of nitrogens with one attached hydrogen (secondary N) is 1. The van der Waals surface area contributed by atoms with Gasteiger partial charge in [-0.3, -0.25) is 10.1 Å². The predicted molar refractivity (Wildman–Crippen MR) is 89.0 cm³/mol. The van der Waals surface area contributed by atoms with Crippen LogP contribution in [0.5, 0.6) is 0 Å². The first-order chi connectivity index (χ1) is 11.1. The molecule has 0 spiro atoms. The summed E-state index contributed by atoms with van der Waals surface area (Å²) in [5.74, 6) is -0.408. The molecule has 1 aromatic heterocycles. The van der Waals surface area contributed by atoms with E-state index in [4.69, 9.17) is 5.73 Å². The third-order valence-corrected chi connectivity index (χ3v) is 4.72. The second-order valence-electron chi connectivity index (χ2n) is 5.51. The van der Waals surface area contributed by atoms with Gasteiger partial charge in [0.1, 0.15) is 0 Å². The summed E-state index contributed by atoms with van der Waals surface area (Å²) < 4.78 is 2.19. The summed E-state index contributed by atoms with van der Waals surface area (Å²) in [6.07, 6.45) is 4.08. The number of nitrogens with zero attached hydrogens (tertiary/aromatic N) is 2. The quantitative estimate of drug-likeness (QED) is 0.824. The monoisotopic (exact) mass is 330 g/mol. The summed E-state index contributed by atoms with van der Waals surface area (Å²) in [4.78, 5) is 27.1. The maximum Gasteiger partial charge on any atom is 0.318 e. The van der Waals surface area contributed by atoms with Crippen molar-refractivity contribution in [2.75, 3.05) is 0 Å². The summed E-state index contributed by atoms with van der Waals surface area (Å²) in [7, 11) is 0. The fourth-order valence-corrected chi connectivity index (χ4v) is 3.33. The third-order valence-electron chi connectivity index (χ3n) is 3.64. The molecule has 7 heteroatoms. The Morgan fingerprint density at radius 3 is 2.65 bits per heavy atom. The number of imide groups is 1. The number of amides is 3. The fourth-order valence-electron chi connectivity index (χ4n) is 2.37. The Morgan fingerprint density at radius 1 is 1.35 bits per heavy atom. The van der Waals surface area contributed by atoms with Crippen molar-refractivity contribution >= 4 is 23.7 Å². The summed E-state index contributed by atoms with van der Waals surface area (Å²) in [6, 6.07) is 9.67. The van der Waals surface area contributed by atoms with Crippen molar-refractivity contribution in [3.05, 3.63) is 36.5 Å². The van der Waals surface area contributed by atoms with Crippen LogP contribution in [0.4, 0.5) is 4.79 Å². The van der Waals surface area contributed by atoms with Gasteiger partial charge in [-0.1, -0.05) is 42.1 Å². The van der Waals surface area contributed by atoms with Crippen molar-refractivity contribution < 1.29 is 9.59 Å². The zero-order chi connectivity index (χ0) is 16.4. The molecule has 0 unspecified atom stereocenters. The summed E-state index contributed by atoms with van der Waals surface area (Å²) in [5.41, 5.74) is 7.15. The number of thioether (sulfide) groups is 1. The van der Waals surface area contributed by atoms with Crippen LogP contribution in [-0.2, 0) is 4.79 Å². The smallest absolute Gasteiger partial charge is 0.318 e. The molecule has 0 bridgehead atoms. The van der Waals surface area contributed by atoms with Crippen LogP contribution < -0.4 is 11.1 Å². The van der Waals surface area contributed by atoms with Gasteiger partial charge in [0, 0.05) is 6.04 Å². The first kappa shape index (κ1) is 15.6. The minimum Gasteiger partial charge on any atom is -0.351 e. The number of carbonyl (C=O) groups excluding carboxylic acids is 2. The van der Waals surface area contributed by atoms with E-state index in [0.29, 0.717) is 6.04 Å². The molecular weight excluding hydrogens is 312 g/mol. The van der Waals surface area contributed by atoms with Gasteiger partial charge in [0.2, 0.25) is 5.91 Å². The van der Waals surface area contributed by atoms with Crippen LogP contribution in [0.1, 0.15) is 25.8 Å². The molecule has 0 radical (unpaired) electrons. The SMILES string of the molecule is C[C@H](Sc1ncc(-c2ccccc2)n1C1CC1)C(=O)NC(N)=O. The molecule has 120 valence electrons. The Hall–Kier alpha value is -2.28. The van der Waals surface area contributed by atoms with E-state index < -0.39 is 17.2 Å². The van der Waals surface area contributed by atoms with Gasteiger partial charge in [-0.15, -0.1) is 0 Å². The van der Waals surface area contributed by atoms with Crippen LogP contribution in [-0.4, -0.2) is 26.7 Å². The number of primary amides is 1. The van der Waals surface area contributed by atoms with Gasteiger partial charge < -0.3 is 10.3 Å². The van der Waals surface area contributed by atoms with Crippen LogP contribution in [0.15, 0.2) is 41.7 Å². The average molecular weight is 330 g/mol. The average Bonchev–Trinajstić information content (AvgIpc) is 3.28. The topological polar surface area (TPSA) is 90.0 Å². The van der Waals surface area contributed by atoms with Gasteiger partial charge in [0.15, 0.2) is 5.16 Å². The number of aromatic nitrogens is 2. The summed E-state index contributed by atoms with van der Waals surface area (Å²) >= 11 is 1.34. The van der Waals surface area contributed by atoms with Crippen molar-refractivity contribution in [2.45, 2.75) is 36.2 Å². The number of benzene rings is 1. The molecule has 3 rings (SSSR count). The van der Waals surface area contributed by atoms with E-state index >= 15 is 0 Å². The lowest BCUT2D eigenvalue weighted by Gasteiger charge is -2.13. The third kappa shape index (κ3) is 3.56. The largest absolute Gasteiger partial charge is 0.351 e. The van der Waals surface area contributed by atoms with E-state index in [1.807, 2.05) is 36.5 Å². The van der Waals surface area contributed by atoms with Crippen LogP contribution in [0.3, 0.4) is 0 Å². The number of urea groups is 1. The highest BCUT2D eigenvalue weighted by Crippen LogP contribution is 2.42. The number of carbonyl (C=O) groups is 2. The van der Waals surface area contributed by atoms with Gasteiger partial charge in [-0.25, -0.2) is 9.78 Å². The lowest BCUT2D eigenvalue weighted by molar-refractivity contribution is -0.119. The minimum atomic E-state index is -0.835. The van der Waals surface area contributed by atoms with Crippen LogP contribution in [0.25, 0.3) is 11.3 Å². The van der Waals surface area contributed by atoms with Crippen molar-refractivity contribution in [2.24, 2.45) is 5.73 Å². The van der Waals surface area contributed by atoms with Gasteiger partial charge >= 0.3 is 6.03 Å². The van der Waals surface area contributed by atoms with E-state index in [9.17, 15) is 9.59 Å². The molecule has 1 aromatic carbocycles. The lowest BCUT2D eigenvalue weighted by Crippen LogP contribution is -2.39. The summed E-state index contributed by atoms with van der Waals surface area (Å²) in [6.45, 7) is 1.73. The molecule has 2 aromatic rings. The first-order valence-electron chi connectivity index (χ1n) is 7.46. The molecule has 1 saturated carbocycles. The van der Waals surface area contributed by atoms with Crippen LogP contribution >= 0.6 is 11.8 Å². The van der Waals surface area contributed by atoms with E-state index in [-0.39, 0.29) is 0 Å². The molecule has 1 aliphatic rings. The van der Waals surface area contributed by atoms with Crippen LogP contribution in [0, 0.1) is 0 Å². The van der Waals surface area contributed by atoms with Gasteiger partial charge in [-0.2, -0.15) is 0 Å². The van der Waals surface area contributed by atoms with Crippen molar-refractivity contribution in [3.8, 4) is 11.3 Å². The van der Waals surface area contributed by atoms with E-state index in [2.05, 4.69) is 14.9 Å². The Balaban J connectivity index is 1.85. The predicted octanol–water partition coefficient (Wildman–Crippen LogP) is 2.56. The van der Waals surface area contributed by atoms with E-state index in [1.54, 1.807) is 6.92 Å². The standard InChI is InChI=1S/C16H18N4O2S/c1-10(14(21)19-15(17)22)23-16-18-9-13(20(16)12-7-8-12)11-5-3-2-4-6-11/h2-6,9-10,12H,7-8H2,1H3,(H3,17,19,21,22)/t10-/m0/s1. The molecule has 0 aliphatic heterocycles. The molecular formula is C16H18N4O2S. The Kier molecular flexibility index (Phi) is 4.38. The Labute approximate surface area is 138 Å². The highest BCUT2D eigenvalue weighted by atomic mass is 32.2. The maximum absolute atomic E-state index is 11.9. The molecule has 1 aliphatic carbocycles. The fraction of sp³-hybridized carbons (Fsp3) is 0.312. The van der Waals surface area contributed by atoms with Gasteiger partial charge in [-0.05, 0) is 25.3 Å². The second kappa shape index (κ2) is 6.45. The maximum atomic E-state index is 11.9. The number of hydrogen-bond acceptors (Lipinski definition) is 4. The highest BCUT2D eigenvalue weighted by Gasteiger charge is 2.30. The zero-order valence-corrected chi connectivity index (χ0v) is 13.5.